The number of benzene rings is 1. The highest BCUT2D eigenvalue weighted by atomic mass is 79.9. The van der Waals surface area contributed by atoms with E-state index in [-0.39, 0.29) is 17.3 Å². The van der Waals surface area contributed by atoms with Gasteiger partial charge in [-0.3, -0.25) is 4.79 Å². The number of rotatable bonds is 7. The lowest BCUT2D eigenvalue weighted by Crippen LogP contribution is -2.35. The Kier molecular flexibility index (Phi) is 6.98. The van der Waals surface area contributed by atoms with Crippen LogP contribution in [0.4, 0.5) is 11.6 Å². The molecule has 5 rings (SSSR count). The summed E-state index contributed by atoms with van der Waals surface area (Å²) in [6, 6.07) is 7.53. The minimum atomic E-state index is -0.996. The molecular formula is C25H25BrN6O3S. The number of nitrogens with zero attached hydrogens (tertiary/aromatic N) is 4. The van der Waals surface area contributed by atoms with Gasteiger partial charge in [0.2, 0.25) is 5.78 Å². The van der Waals surface area contributed by atoms with Crippen LogP contribution in [0.5, 0.6) is 0 Å². The molecule has 11 heteroatoms. The molecule has 36 heavy (non-hydrogen) atoms. The van der Waals surface area contributed by atoms with Crippen molar-refractivity contribution in [3.8, 4) is 0 Å². The highest BCUT2D eigenvalue weighted by Gasteiger charge is 2.41. The smallest absolute Gasteiger partial charge is 0.217 e. The molecule has 1 aromatic carbocycles. The van der Waals surface area contributed by atoms with Crippen molar-refractivity contribution in [2.45, 2.75) is 44.4 Å². The monoisotopic (exact) mass is 568 g/mol. The van der Waals surface area contributed by atoms with Crippen LogP contribution >= 0.6 is 27.3 Å². The van der Waals surface area contributed by atoms with Gasteiger partial charge in [-0.2, -0.15) is 0 Å². The topological polar surface area (TPSA) is 147 Å². The maximum atomic E-state index is 13.0. The van der Waals surface area contributed by atoms with Crippen LogP contribution in [0.25, 0.3) is 10.9 Å². The summed E-state index contributed by atoms with van der Waals surface area (Å²) in [6.45, 7) is 1.83. The third-order valence-corrected chi connectivity index (χ3v) is 8.01. The SMILES string of the molecule is Cc1nc(C(=O)c2cncnc2N[C@@H]2C[C@H](CCc3ccc4cc(Br)c(N)nc4c3)[C@@H](O)[C@H]2O)cs1. The first-order valence-corrected chi connectivity index (χ1v) is 13.2. The molecular weight excluding hydrogens is 544 g/mol. The lowest BCUT2D eigenvalue weighted by molar-refractivity contribution is 0.0158. The first kappa shape index (κ1) is 24.7. The third-order valence-electron chi connectivity index (χ3n) is 6.60. The molecule has 186 valence electrons. The van der Waals surface area contributed by atoms with E-state index < -0.39 is 18.2 Å². The summed E-state index contributed by atoms with van der Waals surface area (Å²) in [5.41, 5.74) is 8.44. The number of carbonyl (C=O) groups excluding carboxylic acids is 1. The number of thiazole rings is 1. The van der Waals surface area contributed by atoms with Gasteiger partial charge in [-0.05, 0) is 65.7 Å². The van der Waals surface area contributed by atoms with Gasteiger partial charge in [0.15, 0.2) is 0 Å². The number of hydrogen-bond acceptors (Lipinski definition) is 10. The summed E-state index contributed by atoms with van der Waals surface area (Å²) in [5.74, 6) is 0.347. The molecule has 0 amide bonds. The van der Waals surface area contributed by atoms with Crippen molar-refractivity contribution >= 4 is 55.6 Å². The van der Waals surface area contributed by atoms with E-state index in [9.17, 15) is 15.0 Å². The summed E-state index contributed by atoms with van der Waals surface area (Å²) < 4.78 is 0.764. The Labute approximate surface area is 220 Å². The lowest BCUT2D eigenvalue weighted by atomic mass is 9.95. The van der Waals surface area contributed by atoms with E-state index >= 15 is 0 Å². The average molecular weight is 569 g/mol. The number of hydrogen-bond donors (Lipinski definition) is 4. The van der Waals surface area contributed by atoms with E-state index in [4.69, 9.17) is 5.73 Å². The molecule has 1 aliphatic rings. The first-order chi connectivity index (χ1) is 17.3. The van der Waals surface area contributed by atoms with Crippen LogP contribution in [0.2, 0.25) is 0 Å². The second kappa shape index (κ2) is 10.2. The minimum absolute atomic E-state index is 0.127. The Hall–Kier alpha value is -2.99. The van der Waals surface area contributed by atoms with Gasteiger partial charge in [-0.1, -0.05) is 12.1 Å². The first-order valence-electron chi connectivity index (χ1n) is 11.5. The molecule has 0 aliphatic heterocycles. The fourth-order valence-electron chi connectivity index (χ4n) is 4.66. The molecule has 9 nitrogen and oxygen atoms in total. The summed E-state index contributed by atoms with van der Waals surface area (Å²) in [6.07, 6.45) is 2.83. The van der Waals surface area contributed by atoms with Gasteiger partial charge in [0, 0.05) is 17.0 Å². The number of halogens is 1. The van der Waals surface area contributed by atoms with Crippen LogP contribution in [-0.2, 0) is 6.42 Å². The van der Waals surface area contributed by atoms with Gasteiger partial charge in [0.05, 0.1) is 32.7 Å². The van der Waals surface area contributed by atoms with Crippen molar-refractivity contribution in [1.82, 2.24) is 19.9 Å². The van der Waals surface area contributed by atoms with Crippen molar-refractivity contribution in [2.24, 2.45) is 5.92 Å². The van der Waals surface area contributed by atoms with Gasteiger partial charge < -0.3 is 21.3 Å². The molecule has 0 saturated heterocycles. The van der Waals surface area contributed by atoms with Crippen LogP contribution in [0, 0.1) is 12.8 Å². The van der Waals surface area contributed by atoms with Crippen molar-refractivity contribution in [3.63, 3.8) is 0 Å². The quantitative estimate of drug-likeness (QED) is 0.246. The molecule has 4 aromatic rings. The molecule has 1 aliphatic carbocycles. The van der Waals surface area contributed by atoms with Crippen LogP contribution in [0.3, 0.4) is 0 Å². The Balaban J connectivity index is 1.27. The Morgan fingerprint density at radius 3 is 2.86 bits per heavy atom. The fraction of sp³-hybridized carbons (Fsp3) is 0.320. The van der Waals surface area contributed by atoms with Gasteiger partial charge in [0.1, 0.15) is 29.8 Å². The largest absolute Gasteiger partial charge is 0.390 e. The van der Waals surface area contributed by atoms with Crippen LogP contribution in [0.1, 0.15) is 39.5 Å². The highest BCUT2D eigenvalue weighted by molar-refractivity contribution is 9.10. The van der Waals surface area contributed by atoms with Crippen molar-refractivity contribution in [2.75, 3.05) is 11.1 Å². The number of anilines is 2. The molecule has 1 saturated carbocycles. The predicted octanol–water partition coefficient (Wildman–Crippen LogP) is 3.52. The molecule has 1 fully saturated rings. The number of aromatic nitrogens is 4. The van der Waals surface area contributed by atoms with Crippen molar-refractivity contribution in [3.05, 3.63) is 68.5 Å². The van der Waals surface area contributed by atoms with E-state index in [1.54, 1.807) is 5.38 Å². The highest BCUT2D eigenvalue weighted by Crippen LogP contribution is 2.33. The van der Waals surface area contributed by atoms with Gasteiger partial charge in [-0.25, -0.2) is 19.9 Å². The summed E-state index contributed by atoms with van der Waals surface area (Å²) in [5, 5.41) is 28.2. The fourth-order valence-corrected chi connectivity index (χ4v) is 5.58. The molecule has 0 bridgehead atoms. The second-order valence-electron chi connectivity index (χ2n) is 9.01. The Morgan fingerprint density at radius 1 is 1.25 bits per heavy atom. The van der Waals surface area contributed by atoms with Crippen LogP contribution in [-0.4, -0.2) is 54.2 Å². The molecule has 0 radical (unpaired) electrons. The van der Waals surface area contributed by atoms with E-state index in [2.05, 4.69) is 41.2 Å². The van der Waals surface area contributed by atoms with Crippen LogP contribution < -0.4 is 11.1 Å². The van der Waals surface area contributed by atoms with Crippen molar-refractivity contribution < 1.29 is 15.0 Å². The second-order valence-corrected chi connectivity index (χ2v) is 10.9. The van der Waals surface area contributed by atoms with E-state index in [1.807, 2.05) is 31.2 Å². The Morgan fingerprint density at radius 2 is 2.08 bits per heavy atom. The molecule has 5 N–H and O–H groups in total. The summed E-state index contributed by atoms with van der Waals surface area (Å²) in [4.78, 5) is 29.9. The zero-order valence-electron chi connectivity index (χ0n) is 19.4. The maximum absolute atomic E-state index is 13.0. The molecule has 3 heterocycles. The standard InChI is InChI=1S/C25H25BrN6O3S/c1-12-30-20(10-36-12)22(34)16-9-28-11-29-25(16)32-19-8-15(21(33)23(19)35)5-3-13-2-4-14-7-17(26)24(27)31-18(14)6-13/h2,4,6-7,9-11,15,19,21,23,33,35H,3,5,8H2,1H3,(H2,27,31)(H,28,29,32)/t15-,19+,21+,23-/m0/s1. The number of nitrogens with two attached hydrogens (primary N) is 1. The third kappa shape index (κ3) is 4.96. The van der Waals surface area contributed by atoms with E-state index in [1.165, 1.54) is 23.9 Å². The minimum Gasteiger partial charge on any atom is -0.390 e. The number of pyridine rings is 1. The number of aliphatic hydroxyl groups excluding tert-OH is 2. The number of carbonyl (C=O) groups is 1. The normalized spacial score (nSPS) is 21.7. The number of aryl methyl sites for hydroxylation is 2. The molecule has 4 atom stereocenters. The molecule has 0 unspecified atom stereocenters. The van der Waals surface area contributed by atoms with E-state index in [0.717, 1.165) is 32.4 Å². The summed E-state index contributed by atoms with van der Waals surface area (Å²) in [7, 11) is 0. The van der Waals surface area contributed by atoms with E-state index in [0.29, 0.717) is 30.2 Å². The number of fused-ring (bicyclic) bond motifs is 1. The number of nitrogens with one attached hydrogen (secondary N) is 1. The predicted molar refractivity (Wildman–Crippen MR) is 142 cm³/mol. The molecule has 3 aromatic heterocycles. The van der Waals surface area contributed by atoms with Crippen LogP contribution in [0.15, 0.2) is 46.6 Å². The number of nitrogen functional groups attached to an aromatic ring is 1. The van der Waals surface area contributed by atoms with Gasteiger partial charge in [0.25, 0.3) is 0 Å². The lowest BCUT2D eigenvalue weighted by Gasteiger charge is -2.19. The number of aliphatic hydroxyl groups is 2. The maximum Gasteiger partial charge on any atom is 0.217 e. The van der Waals surface area contributed by atoms with Gasteiger partial charge in [-0.15, -0.1) is 11.3 Å². The summed E-state index contributed by atoms with van der Waals surface area (Å²) >= 11 is 4.80. The zero-order valence-corrected chi connectivity index (χ0v) is 21.8. The molecule has 0 spiro atoms. The van der Waals surface area contributed by atoms with Crippen molar-refractivity contribution in [1.29, 1.82) is 0 Å². The van der Waals surface area contributed by atoms with Gasteiger partial charge >= 0.3 is 0 Å². The average Bonchev–Trinajstić information content (AvgIpc) is 3.42. The number of ketones is 1. The zero-order chi connectivity index (χ0) is 25.4. The Bertz CT molecular complexity index is 1430.